The van der Waals surface area contributed by atoms with Crippen molar-refractivity contribution >= 4 is 11.8 Å². The predicted octanol–water partition coefficient (Wildman–Crippen LogP) is 1.14. The lowest BCUT2D eigenvalue weighted by molar-refractivity contribution is -0.135. The lowest BCUT2D eigenvalue weighted by Gasteiger charge is -2.33. The van der Waals surface area contributed by atoms with Crippen LogP contribution in [0, 0.1) is 5.92 Å². The minimum Gasteiger partial charge on any atom is -0.352 e. The lowest BCUT2D eigenvalue weighted by atomic mass is 10.0. The Labute approximate surface area is 122 Å². The third-order valence-electron chi connectivity index (χ3n) is 3.44. The van der Waals surface area contributed by atoms with Gasteiger partial charge in [-0.1, -0.05) is 13.8 Å². The van der Waals surface area contributed by atoms with Crippen LogP contribution >= 0.6 is 0 Å². The van der Waals surface area contributed by atoms with Crippen molar-refractivity contribution < 1.29 is 9.59 Å². The van der Waals surface area contributed by atoms with Gasteiger partial charge < -0.3 is 15.5 Å². The zero-order valence-electron chi connectivity index (χ0n) is 13.5. The topological polar surface area (TPSA) is 61.4 Å². The Morgan fingerprint density at radius 2 is 1.75 bits per heavy atom. The second-order valence-corrected chi connectivity index (χ2v) is 6.93. The van der Waals surface area contributed by atoms with Gasteiger partial charge in [-0.2, -0.15) is 0 Å². The van der Waals surface area contributed by atoms with Crippen molar-refractivity contribution in [3.63, 3.8) is 0 Å². The molecule has 0 unspecified atom stereocenters. The molecule has 0 aliphatic carbocycles. The van der Waals surface area contributed by atoms with Gasteiger partial charge in [-0.15, -0.1) is 0 Å². The van der Waals surface area contributed by atoms with Crippen molar-refractivity contribution in [3.05, 3.63) is 0 Å². The van der Waals surface area contributed by atoms with Crippen LogP contribution in [-0.2, 0) is 9.59 Å². The Hall–Kier alpha value is -1.10. The second-order valence-electron chi connectivity index (χ2n) is 6.93. The maximum absolute atomic E-state index is 11.9. The number of hydrogen-bond acceptors (Lipinski definition) is 3. The quantitative estimate of drug-likeness (QED) is 0.813. The summed E-state index contributed by atoms with van der Waals surface area (Å²) in [4.78, 5) is 25.6. The van der Waals surface area contributed by atoms with Crippen LogP contribution in [0.2, 0.25) is 0 Å². The first-order chi connectivity index (χ1) is 9.19. The Morgan fingerprint density at radius 3 is 2.20 bits per heavy atom. The van der Waals surface area contributed by atoms with Gasteiger partial charge in [0.05, 0.1) is 6.54 Å². The molecule has 1 aliphatic heterocycles. The fourth-order valence-corrected chi connectivity index (χ4v) is 2.23. The van der Waals surface area contributed by atoms with Crippen LogP contribution in [0.5, 0.6) is 0 Å². The summed E-state index contributed by atoms with van der Waals surface area (Å²) in [5.41, 5.74) is -0.0512. The molecule has 0 saturated carbocycles. The van der Waals surface area contributed by atoms with Crippen molar-refractivity contribution in [3.8, 4) is 0 Å². The summed E-state index contributed by atoms with van der Waals surface area (Å²) in [5.74, 6) is 0.301. The molecule has 2 amide bonds. The van der Waals surface area contributed by atoms with Gasteiger partial charge in [0.15, 0.2) is 0 Å². The van der Waals surface area contributed by atoms with Gasteiger partial charge in [-0.25, -0.2) is 0 Å². The molecular formula is C15H29N3O2. The third kappa shape index (κ3) is 5.90. The molecule has 0 radical (unpaired) electrons. The first kappa shape index (κ1) is 17.0. The monoisotopic (exact) mass is 283 g/mol. The number of hydrogen-bond donors (Lipinski definition) is 2. The normalized spacial score (nSPS) is 17.4. The fraction of sp³-hybridized carbons (Fsp3) is 0.867. The second kappa shape index (κ2) is 7.07. The lowest BCUT2D eigenvalue weighted by Crippen LogP contribution is -2.50. The van der Waals surface area contributed by atoms with Crippen LogP contribution in [0.1, 0.15) is 47.5 Å². The molecule has 5 nitrogen and oxygen atoms in total. The molecule has 1 saturated heterocycles. The molecule has 0 aromatic carbocycles. The van der Waals surface area contributed by atoms with Crippen molar-refractivity contribution in [1.29, 1.82) is 0 Å². The molecule has 0 spiro atoms. The fourth-order valence-electron chi connectivity index (χ4n) is 2.23. The molecule has 116 valence electrons. The van der Waals surface area contributed by atoms with Gasteiger partial charge in [0.1, 0.15) is 0 Å². The van der Waals surface area contributed by atoms with Crippen molar-refractivity contribution in [2.75, 3.05) is 19.6 Å². The Bertz CT molecular complexity index is 340. The molecule has 1 fully saturated rings. The van der Waals surface area contributed by atoms with E-state index < -0.39 is 0 Å². The van der Waals surface area contributed by atoms with Gasteiger partial charge in [0.2, 0.25) is 11.8 Å². The van der Waals surface area contributed by atoms with E-state index in [-0.39, 0.29) is 29.3 Å². The standard InChI is InChI=1S/C15H29N3O2/c1-11(2)14(20)18-8-6-12(7-9-18)17-13(19)10-16-15(3,4)5/h11-12,16H,6-10H2,1-5H3,(H,17,19). The molecule has 1 heterocycles. The summed E-state index contributed by atoms with van der Waals surface area (Å²) in [6.07, 6.45) is 1.69. The van der Waals surface area contributed by atoms with Crippen LogP contribution in [0.15, 0.2) is 0 Å². The van der Waals surface area contributed by atoms with Gasteiger partial charge in [0, 0.05) is 30.6 Å². The summed E-state index contributed by atoms with van der Waals surface area (Å²) in [6.45, 7) is 11.8. The van der Waals surface area contributed by atoms with Crippen LogP contribution in [0.4, 0.5) is 0 Å². The van der Waals surface area contributed by atoms with Gasteiger partial charge >= 0.3 is 0 Å². The molecule has 20 heavy (non-hydrogen) atoms. The summed E-state index contributed by atoms with van der Waals surface area (Å²) in [5, 5.41) is 6.22. The van der Waals surface area contributed by atoms with E-state index in [4.69, 9.17) is 0 Å². The summed E-state index contributed by atoms with van der Waals surface area (Å²) in [6, 6.07) is 0.195. The Morgan fingerprint density at radius 1 is 1.20 bits per heavy atom. The van der Waals surface area contributed by atoms with E-state index in [9.17, 15) is 9.59 Å². The average molecular weight is 283 g/mol. The highest BCUT2D eigenvalue weighted by Gasteiger charge is 2.25. The van der Waals surface area contributed by atoms with Crippen molar-refractivity contribution in [2.24, 2.45) is 5.92 Å². The zero-order valence-corrected chi connectivity index (χ0v) is 13.5. The van der Waals surface area contributed by atoms with E-state index in [0.29, 0.717) is 6.54 Å². The number of amides is 2. The SMILES string of the molecule is CC(C)C(=O)N1CCC(NC(=O)CNC(C)(C)C)CC1. The number of piperidine rings is 1. The van der Waals surface area contributed by atoms with Crippen LogP contribution < -0.4 is 10.6 Å². The van der Waals surface area contributed by atoms with Crippen LogP contribution in [0.3, 0.4) is 0 Å². The first-order valence-corrected chi connectivity index (χ1v) is 7.52. The number of nitrogens with zero attached hydrogens (tertiary/aromatic N) is 1. The maximum Gasteiger partial charge on any atom is 0.234 e. The van der Waals surface area contributed by atoms with Gasteiger partial charge in [-0.05, 0) is 33.6 Å². The first-order valence-electron chi connectivity index (χ1n) is 7.52. The highest BCUT2D eigenvalue weighted by atomic mass is 16.2. The van der Waals surface area contributed by atoms with E-state index in [0.717, 1.165) is 25.9 Å². The third-order valence-corrected chi connectivity index (χ3v) is 3.44. The Balaban J connectivity index is 2.29. The number of nitrogens with one attached hydrogen (secondary N) is 2. The number of likely N-dealkylation sites (tertiary alicyclic amines) is 1. The summed E-state index contributed by atoms with van der Waals surface area (Å²) >= 11 is 0. The van der Waals surface area contributed by atoms with E-state index in [1.807, 2.05) is 39.5 Å². The minimum absolute atomic E-state index is 0.0357. The predicted molar refractivity (Wildman–Crippen MR) is 80.3 cm³/mol. The molecule has 5 heteroatoms. The molecule has 0 aromatic rings. The Kier molecular flexibility index (Phi) is 5.99. The van der Waals surface area contributed by atoms with Crippen molar-refractivity contribution in [1.82, 2.24) is 15.5 Å². The van der Waals surface area contributed by atoms with E-state index in [1.165, 1.54) is 0 Å². The highest BCUT2D eigenvalue weighted by molar-refractivity contribution is 5.79. The molecular weight excluding hydrogens is 254 g/mol. The molecule has 0 aromatic heterocycles. The van der Waals surface area contributed by atoms with Gasteiger partial charge in [-0.3, -0.25) is 9.59 Å². The molecule has 1 aliphatic rings. The number of carbonyl (C=O) groups is 2. The van der Waals surface area contributed by atoms with Gasteiger partial charge in [0.25, 0.3) is 0 Å². The maximum atomic E-state index is 11.9. The summed E-state index contributed by atoms with van der Waals surface area (Å²) in [7, 11) is 0. The van der Waals surface area contributed by atoms with E-state index in [2.05, 4.69) is 10.6 Å². The molecule has 0 atom stereocenters. The smallest absolute Gasteiger partial charge is 0.234 e. The average Bonchev–Trinajstić information content (AvgIpc) is 2.35. The molecule has 1 rings (SSSR count). The summed E-state index contributed by atoms with van der Waals surface area (Å²) < 4.78 is 0. The number of carbonyl (C=O) groups excluding carboxylic acids is 2. The molecule has 0 bridgehead atoms. The van der Waals surface area contributed by atoms with Crippen LogP contribution in [0.25, 0.3) is 0 Å². The van der Waals surface area contributed by atoms with Crippen LogP contribution in [-0.4, -0.2) is 47.9 Å². The number of rotatable bonds is 4. The van der Waals surface area contributed by atoms with Crippen molar-refractivity contribution in [2.45, 2.75) is 59.0 Å². The largest absolute Gasteiger partial charge is 0.352 e. The minimum atomic E-state index is -0.0512. The molecule has 2 N–H and O–H groups in total. The van der Waals surface area contributed by atoms with E-state index in [1.54, 1.807) is 0 Å². The zero-order chi connectivity index (χ0) is 15.3. The van der Waals surface area contributed by atoms with E-state index >= 15 is 0 Å². The highest BCUT2D eigenvalue weighted by Crippen LogP contribution is 2.13.